The average Bonchev–Trinajstić information content (AvgIpc) is 2.53. The maximum Gasteiger partial charge on any atom is 0.223 e. The molecule has 0 saturated heterocycles. The van der Waals surface area contributed by atoms with Crippen molar-refractivity contribution in [1.82, 2.24) is 5.32 Å². The number of amides is 1. The summed E-state index contributed by atoms with van der Waals surface area (Å²) < 4.78 is 0. The van der Waals surface area contributed by atoms with Crippen molar-refractivity contribution in [2.75, 3.05) is 0 Å². The maximum absolute atomic E-state index is 12.1. The number of hydrogen-bond donors (Lipinski definition) is 3. The van der Waals surface area contributed by atoms with Gasteiger partial charge in [-0.2, -0.15) is 0 Å². The van der Waals surface area contributed by atoms with Crippen LogP contribution in [-0.2, 0) is 23.5 Å². The second kappa shape index (κ2) is 7.20. The van der Waals surface area contributed by atoms with Crippen LogP contribution in [0.25, 0.3) is 0 Å². The lowest BCUT2D eigenvalue weighted by Crippen LogP contribution is -2.32. The van der Waals surface area contributed by atoms with Crippen LogP contribution in [0.4, 0.5) is 0 Å². The summed E-state index contributed by atoms with van der Waals surface area (Å²) in [5.74, 6) is -0.235. The Hall–Kier alpha value is -2.17. The molecule has 0 radical (unpaired) electrons. The first-order valence-electron chi connectivity index (χ1n) is 7.25. The van der Waals surface area contributed by atoms with Crippen LogP contribution in [0.15, 0.2) is 54.6 Å². The molecule has 22 heavy (non-hydrogen) atoms. The maximum atomic E-state index is 12.1. The fourth-order valence-corrected chi connectivity index (χ4v) is 2.35. The third kappa shape index (κ3) is 4.16. The molecule has 1 unspecified atom stereocenters. The zero-order valence-electron chi connectivity index (χ0n) is 12.6. The van der Waals surface area contributed by atoms with Gasteiger partial charge in [0, 0.05) is 6.54 Å². The number of benzene rings is 2. The normalized spacial score (nSPS) is 13.4. The summed E-state index contributed by atoms with van der Waals surface area (Å²) in [7, 11) is 0. The van der Waals surface area contributed by atoms with E-state index in [0.717, 1.165) is 11.1 Å². The van der Waals surface area contributed by atoms with Crippen molar-refractivity contribution in [1.29, 1.82) is 0 Å². The minimum atomic E-state index is -1.21. The number of aliphatic hydroxyl groups is 2. The summed E-state index contributed by atoms with van der Waals surface area (Å²) in [4.78, 5) is 12.1. The lowest BCUT2D eigenvalue weighted by molar-refractivity contribution is -0.126. The molecule has 4 heteroatoms. The molecule has 2 rings (SSSR count). The van der Waals surface area contributed by atoms with Crippen LogP contribution in [0.1, 0.15) is 30.0 Å². The van der Waals surface area contributed by atoms with Crippen molar-refractivity contribution < 1.29 is 15.0 Å². The number of nitrogens with one attached hydrogen (secondary N) is 1. The Bertz CT molecular complexity index is 623. The number of hydrogen-bond acceptors (Lipinski definition) is 3. The number of carbonyl (C=O) groups excluding carboxylic acids is 1. The first-order chi connectivity index (χ1) is 10.5. The van der Waals surface area contributed by atoms with Gasteiger partial charge < -0.3 is 15.5 Å². The number of carbonyl (C=O) groups is 1. The van der Waals surface area contributed by atoms with Crippen molar-refractivity contribution in [3.05, 3.63) is 71.3 Å². The molecular weight excluding hydrogens is 278 g/mol. The molecule has 0 aliphatic heterocycles. The van der Waals surface area contributed by atoms with Crippen molar-refractivity contribution in [2.45, 2.75) is 32.1 Å². The van der Waals surface area contributed by atoms with Gasteiger partial charge in [-0.25, -0.2) is 0 Å². The van der Waals surface area contributed by atoms with Gasteiger partial charge in [-0.05, 0) is 23.6 Å². The highest BCUT2D eigenvalue weighted by Crippen LogP contribution is 2.23. The van der Waals surface area contributed by atoms with Gasteiger partial charge in [-0.15, -0.1) is 0 Å². The fraction of sp³-hybridized carbons (Fsp3) is 0.278. The Balaban J connectivity index is 1.96. The summed E-state index contributed by atoms with van der Waals surface area (Å²) in [6, 6.07) is 16.5. The van der Waals surface area contributed by atoms with E-state index in [0.29, 0.717) is 12.1 Å². The third-order valence-electron chi connectivity index (χ3n) is 3.67. The smallest absolute Gasteiger partial charge is 0.223 e. The second-order valence-corrected chi connectivity index (χ2v) is 5.52. The molecule has 0 heterocycles. The Morgan fingerprint density at radius 2 is 1.64 bits per heavy atom. The lowest BCUT2D eigenvalue weighted by atomic mass is 9.92. The predicted octanol–water partition coefficient (Wildman–Crippen LogP) is 2.09. The number of aliphatic hydroxyl groups excluding tert-OH is 1. The van der Waals surface area contributed by atoms with E-state index in [-0.39, 0.29) is 18.9 Å². The molecule has 116 valence electrons. The molecule has 2 aromatic rings. The Kier molecular flexibility index (Phi) is 5.31. The van der Waals surface area contributed by atoms with E-state index >= 15 is 0 Å². The minimum absolute atomic E-state index is 0.0156. The van der Waals surface area contributed by atoms with E-state index in [1.54, 1.807) is 19.1 Å². The van der Waals surface area contributed by atoms with Gasteiger partial charge in [0.1, 0.15) is 0 Å². The van der Waals surface area contributed by atoms with Gasteiger partial charge in [-0.3, -0.25) is 4.79 Å². The molecule has 1 atom stereocenters. The van der Waals surface area contributed by atoms with E-state index in [9.17, 15) is 15.0 Å². The first kappa shape index (κ1) is 16.2. The first-order valence-corrected chi connectivity index (χ1v) is 7.25. The molecule has 0 bridgehead atoms. The highest BCUT2D eigenvalue weighted by Gasteiger charge is 2.26. The van der Waals surface area contributed by atoms with Crippen LogP contribution in [0, 0.1) is 0 Å². The van der Waals surface area contributed by atoms with Gasteiger partial charge in [0.15, 0.2) is 0 Å². The van der Waals surface area contributed by atoms with Crippen LogP contribution >= 0.6 is 0 Å². The SMILES string of the molecule is CC(O)(CC(=O)NCc1ccccc1CO)c1ccccc1. The quantitative estimate of drug-likeness (QED) is 0.765. The Morgan fingerprint density at radius 1 is 1.05 bits per heavy atom. The van der Waals surface area contributed by atoms with Crippen molar-refractivity contribution in [3.63, 3.8) is 0 Å². The van der Waals surface area contributed by atoms with E-state index in [2.05, 4.69) is 5.32 Å². The summed E-state index contributed by atoms with van der Waals surface area (Å²) in [6.07, 6.45) is -0.0156. The van der Waals surface area contributed by atoms with Crippen LogP contribution in [0.3, 0.4) is 0 Å². The minimum Gasteiger partial charge on any atom is -0.392 e. The van der Waals surface area contributed by atoms with Gasteiger partial charge in [0.05, 0.1) is 18.6 Å². The molecule has 0 saturated carbocycles. The summed E-state index contributed by atoms with van der Waals surface area (Å²) in [6.45, 7) is 1.90. The van der Waals surface area contributed by atoms with Gasteiger partial charge in [-0.1, -0.05) is 54.6 Å². The highest BCUT2D eigenvalue weighted by molar-refractivity contribution is 5.77. The van der Waals surface area contributed by atoms with Crippen LogP contribution < -0.4 is 5.32 Å². The fourth-order valence-electron chi connectivity index (χ4n) is 2.35. The standard InChI is InChI=1S/C18H21NO3/c1-18(22,16-9-3-2-4-10-16)11-17(21)19-12-14-7-5-6-8-15(14)13-20/h2-10,20,22H,11-13H2,1H3,(H,19,21). The molecule has 3 N–H and O–H groups in total. The molecule has 0 aliphatic carbocycles. The molecule has 0 fully saturated rings. The van der Waals surface area contributed by atoms with Crippen molar-refractivity contribution in [3.8, 4) is 0 Å². The zero-order chi connectivity index (χ0) is 16.0. The Labute approximate surface area is 130 Å². The summed E-state index contributed by atoms with van der Waals surface area (Å²) in [5, 5.41) is 22.5. The largest absolute Gasteiger partial charge is 0.392 e. The van der Waals surface area contributed by atoms with Gasteiger partial charge in [0.2, 0.25) is 5.91 Å². The van der Waals surface area contributed by atoms with Crippen LogP contribution in [0.2, 0.25) is 0 Å². The molecule has 0 aliphatic rings. The number of rotatable bonds is 6. The molecular formula is C18H21NO3. The van der Waals surface area contributed by atoms with Gasteiger partial charge >= 0.3 is 0 Å². The lowest BCUT2D eigenvalue weighted by Gasteiger charge is -2.23. The van der Waals surface area contributed by atoms with Crippen molar-refractivity contribution >= 4 is 5.91 Å². The zero-order valence-corrected chi connectivity index (χ0v) is 12.6. The van der Waals surface area contributed by atoms with Crippen LogP contribution in [-0.4, -0.2) is 16.1 Å². The van der Waals surface area contributed by atoms with E-state index < -0.39 is 5.60 Å². The monoisotopic (exact) mass is 299 g/mol. The van der Waals surface area contributed by atoms with Crippen molar-refractivity contribution in [2.24, 2.45) is 0 Å². The molecule has 0 aromatic heterocycles. The highest BCUT2D eigenvalue weighted by atomic mass is 16.3. The van der Waals surface area contributed by atoms with Gasteiger partial charge in [0.25, 0.3) is 0 Å². The molecule has 0 spiro atoms. The third-order valence-corrected chi connectivity index (χ3v) is 3.67. The predicted molar refractivity (Wildman–Crippen MR) is 84.8 cm³/mol. The summed E-state index contributed by atoms with van der Waals surface area (Å²) in [5.41, 5.74) is 1.17. The second-order valence-electron chi connectivity index (χ2n) is 5.52. The Morgan fingerprint density at radius 3 is 2.27 bits per heavy atom. The molecule has 4 nitrogen and oxygen atoms in total. The van der Waals surface area contributed by atoms with E-state index in [1.807, 2.05) is 42.5 Å². The van der Waals surface area contributed by atoms with Crippen LogP contribution in [0.5, 0.6) is 0 Å². The average molecular weight is 299 g/mol. The molecule has 2 aromatic carbocycles. The van der Waals surface area contributed by atoms with E-state index in [1.165, 1.54) is 0 Å². The topological polar surface area (TPSA) is 69.6 Å². The van der Waals surface area contributed by atoms with E-state index in [4.69, 9.17) is 0 Å². The summed E-state index contributed by atoms with van der Waals surface area (Å²) >= 11 is 0. The molecule has 1 amide bonds.